The molecular formula is C24H32FN3O2. The van der Waals surface area contributed by atoms with Crippen LogP contribution in [0.5, 0.6) is 0 Å². The van der Waals surface area contributed by atoms with E-state index in [4.69, 9.17) is 0 Å². The van der Waals surface area contributed by atoms with Crippen LogP contribution >= 0.6 is 0 Å². The standard InChI is InChI=1S/C24H32FN3O2/c1-16(2)23(17-6-8-18(9-7-17)24(3,4)5)27-14-21(29)26-15-22(30)28-20-12-10-19(25)11-13-20/h6-13,16,23,27H,14-15H2,1-5H3,(H,26,29)(H,28,30). The Balaban J connectivity index is 1.84. The monoisotopic (exact) mass is 413 g/mol. The van der Waals surface area contributed by atoms with Gasteiger partial charge in [-0.05, 0) is 46.7 Å². The first kappa shape index (κ1) is 23.5. The molecule has 3 N–H and O–H groups in total. The molecule has 0 spiro atoms. The Morgan fingerprint density at radius 3 is 2.03 bits per heavy atom. The fourth-order valence-electron chi connectivity index (χ4n) is 3.11. The fraction of sp³-hybridized carbons (Fsp3) is 0.417. The smallest absolute Gasteiger partial charge is 0.243 e. The van der Waals surface area contributed by atoms with Crippen LogP contribution in [0.4, 0.5) is 10.1 Å². The predicted molar refractivity (Wildman–Crippen MR) is 119 cm³/mol. The van der Waals surface area contributed by atoms with E-state index in [1.807, 2.05) is 0 Å². The van der Waals surface area contributed by atoms with Crippen molar-refractivity contribution < 1.29 is 14.0 Å². The lowest BCUT2D eigenvalue weighted by molar-refractivity contribution is -0.123. The van der Waals surface area contributed by atoms with Gasteiger partial charge in [0.05, 0.1) is 13.1 Å². The normalized spacial score (nSPS) is 12.5. The quantitative estimate of drug-likeness (QED) is 0.608. The number of halogens is 1. The average molecular weight is 414 g/mol. The van der Waals surface area contributed by atoms with Crippen LogP contribution in [0, 0.1) is 11.7 Å². The third kappa shape index (κ3) is 7.26. The zero-order valence-electron chi connectivity index (χ0n) is 18.4. The molecule has 0 aromatic heterocycles. The highest BCUT2D eigenvalue weighted by atomic mass is 19.1. The molecule has 2 aromatic rings. The van der Waals surface area contributed by atoms with Gasteiger partial charge in [-0.3, -0.25) is 9.59 Å². The summed E-state index contributed by atoms with van der Waals surface area (Å²) in [5.41, 5.74) is 2.96. The highest BCUT2D eigenvalue weighted by molar-refractivity contribution is 5.94. The first-order valence-electron chi connectivity index (χ1n) is 10.2. The maximum Gasteiger partial charge on any atom is 0.243 e. The zero-order valence-corrected chi connectivity index (χ0v) is 18.4. The highest BCUT2D eigenvalue weighted by Crippen LogP contribution is 2.26. The molecule has 2 aromatic carbocycles. The molecule has 0 saturated carbocycles. The van der Waals surface area contributed by atoms with Crippen LogP contribution in [-0.2, 0) is 15.0 Å². The van der Waals surface area contributed by atoms with Crippen molar-refractivity contribution in [2.45, 2.75) is 46.1 Å². The number of benzene rings is 2. The zero-order chi connectivity index (χ0) is 22.3. The van der Waals surface area contributed by atoms with Crippen LogP contribution in [-0.4, -0.2) is 24.9 Å². The first-order valence-corrected chi connectivity index (χ1v) is 10.2. The molecule has 2 rings (SSSR count). The third-order valence-electron chi connectivity index (χ3n) is 4.86. The molecule has 1 atom stereocenters. The first-order chi connectivity index (χ1) is 14.1. The molecule has 0 fully saturated rings. The molecular weight excluding hydrogens is 381 g/mol. The third-order valence-corrected chi connectivity index (χ3v) is 4.86. The molecule has 0 heterocycles. The van der Waals surface area contributed by atoms with E-state index in [0.29, 0.717) is 11.6 Å². The Morgan fingerprint density at radius 1 is 0.900 bits per heavy atom. The number of amides is 2. The molecule has 0 aliphatic heterocycles. The van der Waals surface area contributed by atoms with Crippen LogP contribution in [0.2, 0.25) is 0 Å². The number of carbonyl (C=O) groups excluding carboxylic acids is 2. The van der Waals surface area contributed by atoms with E-state index in [1.54, 1.807) is 0 Å². The van der Waals surface area contributed by atoms with Crippen molar-refractivity contribution in [2.24, 2.45) is 5.92 Å². The Morgan fingerprint density at radius 2 is 1.50 bits per heavy atom. The molecule has 0 saturated heterocycles. The lowest BCUT2D eigenvalue weighted by Crippen LogP contribution is -2.40. The van der Waals surface area contributed by atoms with Crippen molar-refractivity contribution >= 4 is 17.5 Å². The topological polar surface area (TPSA) is 70.2 Å². The van der Waals surface area contributed by atoms with Crippen molar-refractivity contribution in [3.8, 4) is 0 Å². The number of hydrogen-bond acceptors (Lipinski definition) is 3. The summed E-state index contributed by atoms with van der Waals surface area (Å²) in [5.74, 6) is -0.713. The maximum absolute atomic E-state index is 12.9. The summed E-state index contributed by atoms with van der Waals surface area (Å²) in [7, 11) is 0. The summed E-state index contributed by atoms with van der Waals surface area (Å²) in [5, 5.41) is 8.50. The highest BCUT2D eigenvalue weighted by Gasteiger charge is 2.19. The fourth-order valence-corrected chi connectivity index (χ4v) is 3.11. The second kappa shape index (κ2) is 10.3. The Labute approximate surface area is 178 Å². The maximum atomic E-state index is 12.9. The van der Waals surface area contributed by atoms with Gasteiger partial charge >= 0.3 is 0 Å². The minimum absolute atomic E-state index is 0.0258. The Bertz CT molecular complexity index is 840. The van der Waals surface area contributed by atoms with Crippen LogP contribution in [0.1, 0.15) is 51.8 Å². The van der Waals surface area contributed by atoms with E-state index in [0.717, 1.165) is 5.56 Å². The number of anilines is 1. The molecule has 5 nitrogen and oxygen atoms in total. The predicted octanol–water partition coefficient (Wildman–Crippen LogP) is 4.16. The summed E-state index contributed by atoms with van der Waals surface area (Å²) in [4.78, 5) is 24.1. The van der Waals surface area contributed by atoms with Crippen molar-refractivity contribution in [2.75, 3.05) is 18.4 Å². The van der Waals surface area contributed by atoms with Crippen LogP contribution < -0.4 is 16.0 Å². The second-order valence-corrected chi connectivity index (χ2v) is 8.81. The van der Waals surface area contributed by atoms with Gasteiger partial charge in [-0.1, -0.05) is 58.9 Å². The van der Waals surface area contributed by atoms with Gasteiger partial charge in [0.25, 0.3) is 0 Å². The van der Waals surface area contributed by atoms with E-state index < -0.39 is 0 Å². The van der Waals surface area contributed by atoms with E-state index in [2.05, 4.69) is 74.8 Å². The molecule has 0 aliphatic rings. The number of hydrogen-bond donors (Lipinski definition) is 3. The molecule has 0 bridgehead atoms. The van der Waals surface area contributed by atoms with Gasteiger partial charge in [-0.25, -0.2) is 4.39 Å². The SMILES string of the molecule is CC(C)C(NCC(=O)NCC(=O)Nc1ccc(F)cc1)c1ccc(C(C)(C)C)cc1. The lowest BCUT2D eigenvalue weighted by Gasteiger charge is -2.25. The Kier molecular flexibility index (Phi) is 8.12. The average Bonchev–Trinajstić information content (AvgIpc) is 2.68. The summed E-state index contributed by atoms with van der Waals surface area (Å²) < 4.78 is 12.9. The van der Waals surface area contributed by atoms with Crippen molar-refractivity contribution in [3.63, 3.8) is 0 Å². The van der Waals surface area contributed by atoms with Gasteiger partial charge in [0.15, 0.2) is 0 Å². The minimum atomic E-state index is -0.375. The van der Waals surface area contributed by atoms with Gasteiger partial charge < -0.3 is 16.0 Å². The van der Waals surface area contributed by atoms with Crippen molar-refractivity contribution in [1.29, 1.82) is 0 Å². The summed E-state index contributed by atoms with van der Waals surface area (Å²) in [6, 6.07) is 14.0. The molecule has 162 valence electrons. The summed E-state index contributed by atoms with van der Waals surface area (Å²) in [6.07, 6.45) is 0. The van der Waals surface area contributed by atoms with Crippen molar-refractivity contribution in [3.05, 3.63) is 65.5 Å². The van der Waals surface area contributed by atoms with E-state index in [9.17, 15) is 14.0 Å². The van der Waals surface area contributed by atoms with Gasteiger partial charge in [-0.2, -0.15) is 0 Å². The minimum Gasteiger partial charge on any atom is -0.346 e. The van der Waals surface area contributed by atoms with Gasteiger partial charge in [0.1, 0.15) is 5.82 Å². The van der Waals surface area contributed by atoms with E-state index in [-0.39, 0.29) is 42.2 Å². The van der Waals surface area contributed by atoms with Crippen LogP contribution in [0.15, 0.2) is 48.5 Å². The number of rotatable bonds is 8. The summed E-state index contributed by atoms with van der Waals surface area (Å²) >= 11 is 0. The van der Waals surface area contributed by atoms with E-state index >= 15 is 0 Å². The molecule has 2 amide bonds. The van der Waals surface area contributed by atoms with Crippen LogP contribution in [0.25, 0.3) is 0 Å². The van der Waals surface area contributed by atoms with Gasteiger partial charge in [0, 0.05) is 11.7 Å². The largest absolute Gasteiger partial charge is 0.346 e. The summed E-state index contributed by atoms with van der Waals surface area (Å²) in [6.45, 7) is 10.7. The van der Waals surface area contributed by atoms with Crippen molar-refractivity contribution in [1.82, 2.24) is 10.6 Å². The number of carbonyl (C=O) groups is 2. The molecule has 6 heteroatoms. The van der Waals surface area contributed by atoms with Gasteiger partial charge in [0.2, 0.25) is 11.8 Å². The molecule has 30 heavy (non-hydrogen) atoms. The lowest BCUT2D eigenvalue weighted by atomic mass is 9.85. The van der Waals surface area contributed by atoms with Crippen LogP contribution in [0.3, 0.4) is 0 Å². The second-order valence-electron chi connectivity index (χ2n) is 8.81. The van der Waals surface area contributed by atoms with Gasteiger partial charge in [-0.15, -0.1) is 0 Å². The Hall–Kier alpha value is -2.73. The van der Waals surface area contributed by atoms with E-state index in [1.165, 1.54) is 29.8 Å². The molecule has 0 radical (unpaired) electrons. The molecule has 1 unspecified atom stereocenters. The molecule has 0 aliphatic carbocycles. The number of nitrogens with one attached hydrogen (secondary N) is 3.